The van der Waals surface area contributed by atoms with Crippen LogP contribution in [0, 0.1) is 0 Å². The summed E-state index contributed by atoms with van der Waals surface area (Å²) in [6, 6.07) is 14.9. The molecule has 3 rings (SSSR count). The molecule has 2 atom stereocenters. The fraction of sp³-hybridized carbons (Fsp3) is 0.167. The molecule has 0 saturated heterocycles. The van der Waals surface area contributed by atoms with E-state index in [0.29, 0.717) is 16.9 Å². The van der Waals surface area contributed by atoms with Gasteiger partial charge < -0.3 is 16.8 Å². The normalized spacial score (nSPS) is 13.4. The molecule has 6 nitrogen and oxygen atoms in total. The predicted octanol–water partition coefficient (Wildman–Crippen LogP) is 2.23. The zero-order chi connectivity index (χ0) is 17.1. The van der Waals surface area contributed by atoms with E-state index in [1.165, 1.54) is 6.33 Å². The van der Waals surface area contributed by atoms with E-state index in [-0.39, 0.29) is 12.1 Å². The first-order valence-corrected chi connectivity index (χ1v) is 7.68. The molecule has 6 heteroatoms. The van der Waals surface area contributed by atoms with Crippen LogP contribution < -0.4 is 16.8 Å². The molecule has 1 amide bonds. The van der Waals surface area contributed by atoms with E-state index in [4.69, 9.17) is 11.5 Å². The highest BCUT2D eigenvalue weighted by Gasteiger charge is 2.18. The van der Waals surface area contributed by atoms with Crippen LogP contribution in [0.4, 0.5) is 5.82 Å². The standard InChI is InChI=1S/C18H19N5O/c1-11(19)15(12-6-3-2-4-7-12)23-18-14-9-5-8-13(17(20)24)16(14)21-10-22-18/h2-11,15H,19H2,1H3,(H2,20,24)(H,21,22,23). The zero-order valence-electron chi connectivity index (χ0n) is 13.3. The minimum absolute atomic E-state index is 0.124. The van der Waals surface area contributed by atoms with Gasteiger partial charge in [-0.25, -0.2) is 9.97 Å². The maximum Gasteiger partial charge on any atom is 0.250 e. The van der Waals surface area contributed by atoms with Gasteiger partial charge in [0.1, 0.15) is 12.1 Å². The molecule has 0 fully saturated rings. The Morgan fingerprint density at radius 1 is 1.08 bits per heavy atom. The number of hydrogen-bond donors (Lipinski definition) is 3. The molecule has 3 aromatic rings. The largest absolute Gasteiger partial charge is 0.366 e. The number of rotatable bonds is 5. The Hall–Kier alpha value is -2.99. The van der Waals surface area contributed by atoms with Crippen LogP contribution in [0.2, 0.25) is 0 Å². The van der Waals surface area contributed by atoms with Gasteiger partial charge in [-0.05, 0) is 24.6 Å². The van der Waals surface area contributed by atoms with Crippen molar-refractivity contribution in [1.82, 2.24) is 9.97 Å². The molecule has 0 radical (unpaired) electrons. The maximum absolute atomic E-state index is 11.6. The van der Waals surface area contributed by atoms with E-state index in [2.05, 4.69) is 15.3 Å². The van der Waals surface area contributed by atoms with E-state index in [9.17, 15) is 4.79 Å². The van der Waals surface area contributed by atoms with Gasteiger partial charge in [0.25, 0.3) is 5.91 Å². The second-order valence-corrected chi connectivity index (χ2v) is 5.68. The summed E-state index contributed by atoms with van der Waals surface area (Å²) < 4.78 is 0. The fourth-order valence-electron chi connectivity index (χ4n) is 2.73. The lowest BCUT2D eigenvalue weighted by atomic mass is 10.0. The highest BCUT2D eigenvalue weighted by Crippen LogP contribution is 2.27. The van der Waals surface area contributed by atoms with Gasteiger partial charge in [-0.2, -0.15) is 0 Å². The monoisotopic (exact) mass is 321 g/mol. The Labute approximate surface area is 139 Å². The summed E-state index contributed by atoms with van der Waals surface area (Å²) in [7, 11) is 0. The van der Waals surface area contributed by atoms with Crippen LogP contribution in [0.25, 0.3) is 10.9 Å². The summed E-state index contributed by atoms with van der Waals surface area (Å²) in [6.45, 7) is 1.93. The van der Waals surface area contributed by atoms with Crippen LogP contribution >= 0.6 is 0 Å². The smallest absolute Gasteiger partial charge is 0.250 e. The third kappa shape index (κ3) is 3.04. The van der Waals surface area contributed by atoms with Crippen molar-refractivity contribution in [3.05, 3.63) is 66.0 Å². The number of carbonyl (C=O) groups is 1. The lowest BCUT2D eigenvalue weighted by Gasteiger charge is -2.24. The SMILES string of the molecule is CC(N)C(Nc1ncnc2c(C(N)=O)cccc12)c1ccccc1. The summed E-state index contributed by atoms with van der Waals surface area (Å²) in [5.74, 6) is 0.103. The molecule has 24 heavy (non-hydrogen) atoms. The topological polar surface area (TPSA) is 107 Å². The van der Waals surface area contributed by atoms with Crippen molar-refractivity contribution in [2.24, 2.45) is 11.5 Å². The molecular weight excluding hydrogens is 302 g/mol. The highest BCUT2D eigenvalue weighted by atomic mass is 16.1. The van der Waals surface area contributed by atoms with Gasteiger partial charge in [0, 0.05) is 11.4 Å². The van der Waals surface area contributed by atoms with Gasteiger partial charge in [0.2, 0.25) is 0 Å². The van der Waals surface area contributed by atoms with Crippen molar-refractivity contribution >= 4 is 22.6 Å². The zero-order valence-corrected chi connectivity index (χ0v) is 13.3. The van der Waals surface area contributed by atoms with Gasteiger partial charge in [-0.1, -0.05) is 36.4 Å². The number of fused-ring (bicyclic) bond motifs is 1. The first kappa shape index (κ1) is 15.9. The van der Waals surface area contributed by atoms with Crippen LogP contribution in [0.1, 0.15) is 28.9 Å². The van der Waals surface area contributed by atoms with E-state index in [1.807, 2.05) is 43.3 Å². The van der Waals surface area contributed by atoms with E-state index >= 15 is 0 Å². The molecule has 0 bridgehead atoms. The number of anilines is 1. The lowest BCUT2D eigenvalue weighted by molar-refractivity contribution is 0.100. The number of nitrogens with one attached hydrogen (secondary N) is 1. The van der Waals surface area contributed by atoms with E-state index < -0.39 is 5.91 Å². The molecule has 0 aliphatic rings. The lowest BCUT2D eigenvalue weighted by Crippen LogP contribution is -2.30. The number of aromatic nitrogens is 2. The Bertz CT molecular complexity index is 864. The second kappa shape index (κ2) is 6.64. The van der Waals surface area contributed by atoms with Crippen molar-refractivity contribution in [3.63, 3.8) is 0 Å². The Balaban J connectivity index is 2.06. The number of para-hydroxylation sites is 1. The van der Waals surface area contributed by atoms with Crippen molar-refractivity contribution in [1.29, 1.82) is 0 Å². The number of nitrogens with zero attached hydrogens (tertiary/aromatic N) is 2. The van der Waals surface area contributed by atoms with Crippen molar-refractivity contribution in [2.45, 2.75) is 19.0 Å². The minimum Gasteiger partial charge on any atom is -0.366 e. The van der Waals surface area contributed by atoms with Crippen molar-refractivity contribution in [3.8, 4) is 0 Å². The number of primary amides is 1. The van der Waals surface area contributed by atoms with Gasteiger partial charge in [-0.3, -0.25) is 4.79 Å². The number of carbonyl (C=O) groups excluding carboxylic acids is 1. The Morgan fingerprint density at radius 2 is 1.83 bits per heavy atom. The molecule has 2 unspecified atom stereocenters. The van der Waals surface area contributed by atoms with Crippen LogP contribution in [0.3, 0.4) is 0 Å². The molecule has 1 aromatic heterocycles. The first-order valence-electron chi connectivity index (χ1n) is 7.68. The molecule has 5 N–H and O–H groups in total. The van der Waals surface area contributed by atoms with Crippen molar-refractivity contribution in [2.75, 3.05) is 5.32 Å². The van der Waals surface area contributed by atoms with Gasteiger partial charge in [-0.15, -0.1) is 0 Å². The third-order valence-electron chi connectivity index (χ3n) is 3.91. The Morgan fingerprint density at radius 3 is 2.50 bits per heavy atom. The molecule has 2 aromatic carbocycles. The van der Waals surface area contributed by atoms with Crippen LogP contribution in [0.15, 0.2) is 54.9 Å². The quantitative estimate of drug-likeness (QED) is 0.668. The molecule has 0 aliphatic heterocycles. The molecular formula is C18H19N5O. The van der Waals surface area contributed by atoms with Gasteiger partial charge >= 0.3 is 0 Å². The predicted molar refractivity (Wildman–Crippen MR) is 94.5 cm³/mol. The number of hydrogen-bond acceptors (Lipinski definition) is 5. The molecule has 0 aliphatic carbocycles. The van der Waals surface area contributed by atoms with E-state index in [1.54, 1.807) is 12.1 Å². The Kier molecular flexibility index (Phi) is 4.39. The third-order valence-corrected chi connectivity index (χ3v) is 3.91. The summed E-state index contributed by atoms with van der Waals surface area (Å²) in [5, 5.41) is 4.11. The van der Waals surface area contributed by atoms with Crippen LogP contribution in [-0.4, -0.2) is 21.9 Å². The summed E-state index contributed by atoms with van der Waals surface area (Å²) in [4.78, 5) is 20.1. The van der Waals surface area contributed by atoms with Crippen LogP contribution in [-0.2, 0) is 0 Å². The summed E-state index contributed by atoms with van der Waals surface area (Å²) >= 11 is 0. The summed E-state index contributed by atoms with van der Waals surface area (Å²) in [6.07, 6.45) is 1.42. The van der Waals surface area contributed by atoms with E-state index in [0.717, 1.165) is 10.9 Å². The molecule has 0 saturated carbocycles. The molecule has 1 heterocycles. The van der Waals surface area contributed by atoms with Crippen molar-refractivity contribution < 1.29 is 4.79 Å². The number of nitrogens with two attached hydrogens (primary N) is 2. The van der Waals surface area contributed by atoms with Gasteiger partial charge in [0.05, 0.1) is 17.1 Å². The molecule has 122 valence electrons. The number of benzene rings is 2. The fourth-order valence-corrected chi connectivity index (χ4v) is 2.73. The number of amides is 1. The van der Waals surface area contributed by atoms with Crippen LogP contribution in [0.5, 0.6) is 0 Å². The first-order chi connectivity index (χ1) is 11.6. The second-order valence-electron chi connectivity index (χ2n) is 5.68. The average Bonchev–Trinajstić information content (AvgIpc) is 2.59. The average molecular weight is 321 g/mol. The minimum atomic E-state index is -0.517. The maximum atomic E-state index is 11.6. The summed E-state index contributed by atoms with van der Waals surface area (Å²) in [5.41, 5.74) is 13.5. The highest BCUT2D eigenvalue weighted by molar-refractivity contribution is 6.06. The molecule has 0 spiro atoms. The van der Waals surface area contributed by atoms with Gasteiger partial charge in [0.15, 0.2) is 0 Å².